The number of nitrogens with zero attached hydrogens (tertiary/aromatic N) is 4. The van der Waals surface area contributed by atoms with Gasteiger partial charge in [-0.2, -0.15) is 5.26 Å². The van der Waals surface area contributed by atoms with Crippen LogP contribution >= 0.6 is 0 Å². The lowest BCUT2D eigenvalue weighted by Crippen LogP contribution is -2.37. The topological polar surface area (TPSA) is 110 Å². The molecule has 7 nitrogen and oxygen atoms in total. The molecule has 0 radical (unpaired) electrons. The van der Waals surface area contributed by atoms with E-state index in [1.165, 1.54) is 11.0 Å². The summed E-state index contributed by atoms with van der Waals surface area (Å²) in [5.74, 6) is -0.856. The number of carboxylic acid groups (broad SMARTS) is 1. The van der Waals surface area contributed by atoms with Gasteiger partial charge in [-0.15, -0.1) is 0 Å². The Morgan fingerprint density at radius 3 is 2.94 bits per heavy atom. The van der Waals surface area contributed by atoms with Gasteiger partial charge in [-0.25, -0.2) is 14.8 Å². The number of anilines is 1. The maximum absolute atomic E-state index is 11.1. The van der Waals surface area contributed by atoms with E-state index in [1.54, 1.807) is 6.92 Å². The van der Waals surface area contributed by atoms with Crippen LogP contribution in [-0.4, -0.2) is 44.8 Å². The third-order valence-electron chi connectivity index (χ3n) is 2.78. The Bertz CT molecular complexity index is 526. The Kier molecular flexibility index (Phi) is 3.12. The third kappa shape index (κ3) is 2.24. The summed E-state index contributed by atoms with van der Waals surface area (Å²) in [6.07, 6.45) is -0.588. The molecule has 0 bridgehead atoms. The van der Waals surface area contributed by atoms with Gasteiger partial charge in [0.2, 0.25) is 5.95 Å². The molecule has 0 aliphatic carbocycles. The molecular weight excluding hydrogens is 236 g/mol. The quantitative estimate of drug-likeness (QED) is 0.737. The van der Waals surface area contributed by atoms with E-state index >= 15 is 0 Å². The molecule has 18 heavy (non-hydrogen) atoms. The highest BCUT2D eigenvalue weighted by Gasteiger charge is 2.37. The Balaban J connectivity index is 2.38. The number of aliphatic hydroxyl groups excluding tert-OH is 1. The first-order valence-electron chi connectivity index (χ1n) is 5.44. The largest absolute Gasteiger partial charge is 0.480 e. The predicted molar refractivity (Wildman–Crippen MR) is 60.9 cm³/mol. The molecule has 0 aromatic carbocycles. The summed E-state index contributed by atoms with van der Waals surface area (Å²) >= 11 is 0. The van der Waals surface area contributed by atoms with E-state index in [4.69, 9.17) is 10.4 Å². The molecule has 2 rings (SSSR count). The van der Waals surface area contributed by atoms with E-state index in [-0.39, 0.29) is 24.6 Å². The fourth-order valence-electron chi connectivity index (χ4n) is 2.01. The predicted octanol–water partition coefficient (Wildman–Crippen LogP) is -0.319. The first-order chi connectivity index (χ1) is 8.51. The van der Waals surface area contributed by atoms with Crippen molar-refractivity contribution in [3.63, 3.8) is 0 Å². The number of aliphatic carboxylic acids is 1. The van der Waals surface area contributed by atoms with Crippen molar-refractivity contribution in [1.82, 2.24) is 9.97 Å². The first-order valence-corrected chi connectivity index (χ1v) is 5.44. The van der Waals surface area contributed by atoms with Gasteiger partial charge in [0.25, 0.3) is 0 Å². The molecular formula is C11H12N4O3. The second-order valence-electron chi connectivity index (χ2n) is 4.20. The molecule has 1 saturated heterocycles. The summed E-state index contributed by atoms with van der Waals surface area (Å²) in [6, 6.07) is 2.57. The van der Waals surface area contributed by atoms with Crippen LogP contribution in [-0.2, 0) is 4.79 Å². The average molecular weight is 248 g/mol. The van der Waals surface area contributed by atoms with Crippen LogP contribution in [0.25, 0.3) is 0 Å². The second-order valence-corrected chi connectivity index (χ2v) is 4.20. The molecule has 2 atom stereocenters. The normalized spacial score (nSPS) is 22.8. The molecule has 0 saturated carbocycles. The van der Waals surface area contributed by atoms with E-state index < -0.39 is 18.1 Å². The first kappa shape index (κ1) is 12.3. The summed E-state index contributed by atoms with van der Waals surface area (Å²) in [4.78, 5) is 20.6. The molecule has 2 N–H and O–H groups in total. The van der Waals surface area contributed by atoms with Crippen LogP contribution in [0.4, 0.5) is 5.95 Å². The van der Waals surface area contributed by atoms with Crippen LogP contribution in [0.1, 0.15) is 17.8 Å². The molecule has 1 fully saturated rings. The molecule has 94 valence electrons. The molecule has 0 spiro atoms. The van der Waals surface area contributed by atoms with E-state index in [0.717, 1.165) is 0 Å². The Labute approximate surface area is 103 Å². The van der Waals surface area contributed by atoms with Crippen LogP contribution in [0, 0.1) is 18.3 Å². The molecule has 2 unspecified atom stereocenters. The van der Waals surface area contributed by atoms with Gasteiger partial charge in [0.1, 0.15) is 17.8 Å². The third-order valence-corrected chi connectivity index (χ3v) is 2.78. The SMILES string of the molecule is Cc1cc(C#N)nc(N2CC(O)CC2C(=O)O)n1. The van der Waals surface area contributed by atoms with Crippen LogP contribution in [0.3, 0.4) is 0 Å². The van der Waals surface area contributed by atoms with Gasteiger partial charge in [0.05, 0.1) is 6.10 Å². The monoisotopic (exact) mass is 248 g/mol. The van der Waals surface area contributed by atoms with Gasteiger partial charge in [0.15, 0.2) is 0 Å². The molecule has 7 heteroatoms. The van der Waals surface area contributed by atoms with Crippen molar-refractivity contribution in [3.8, 4) is 6.07 Å². The maximum atomic E-state index is 11.1. The highest BCUT2D eigenvalue weighted by molar-refractivity contribution is 5.78. The minimum Gasteiger partial charge on any atom is -0.480 e. The van der Waals surface area contributed by atoms with Crippen molar-refractivity contribution in [1.29, 1.82) is 5.26 Å². The Hall–Kier alpha value is -2.20. The lowest BCUT2D eigenvalue weighted by Gasteiger charge is -2.21. The summed E-state index contributed by atoms with van der Waals surface area (Å²) in [5, 5.41) is 27.5. The number of carbonyl (C=O) groups is 1. The zero-order valence-corrected chi connectivity index (χ0v) is 9.74. The van der Waals surface area contributed by atoms with Crippen LogP contribution < -0.4 is 4.90 Å². The highest BCUT2D eigenvalue weighted by Crippen LogP contribution is 2.23. The lowest BCUT2D eigenvalue weighted by atomic mass is 10.2. The van der Waals surface area contributed by atoms with E-state index in [2.05, 4.69) is 9.97 Å². The average Bonchev–Trinajstić information content (AvgIpc) is 2.70. The van der Waals surface area contributed by atoms with Crippen LogP contribution in [0.15, 0.2) is 6.07 Å². The zero-order chi connectivity index (χ0) is 13.3. The zero-order valence-electron chi connectivity index (χ0n) is 9.74. The van der Waals surface area contributed by atoms with Crippen molar-refractivity contribution in [3.05, 3.63) is 17.5 Å². The fourth-order valence-corrected chi connectivity index (χ4v) is 2.01. The Morgan fingerprint density at radius 1 is 1.61 bits per heavy atom. The van der Waals surface area contributed by atoms with Crippen molar-refractivity contribution >= 4 is 11.9 Å². The summed E-state index contributed by atoms with van der Waals surface area (Å²) in [6.45, 7) is 1.86. The second kappa shape index (κ2) is 4.58. The van der Waals surface area contributed by atoms with Gasteiger partial charge in [0, 0.05) is 18.7 Å². The molecule has 1 aromatic rings. The van der Waals surface area contributed by atoms with Crippen molar-refractivity contribution in [2.75, 3.05) is 11.4 Å². The fraction of sp³-hybridized carbons (Fsp3) is 0.455. The number of rotatable bonds is 2. The molecule has 1 aromatic heterocycles. The highest BCUT2D eigenvalue weighted by atomic mass is 16.4. The van der Waals surface area contributed by atoms with Gasteiger partial charge >= 0.3 is 5.97 Å². The minimum atomic E-state index is -1.03. The van der Waals surface area contributed by atoms with Gasteiger partial charge in [-0.1, -0.05) is 0 Å². The summed E-state index contributed by atoms with van der Waals surface area (Å²) in [5.41, 5.74) is 0.769. The number of aryl methyl sites for hydroxylation is 1. The van der Waals surface area contributed by atoms with Gasteiger partial charge in [-0.05, 0) is 13.0 Å². The smallest absolute Gasteiger partial charge is 0.326 e. The summed E-state index contributed by atoms with van der Waals surface area (Å²) in [7, 11) is 0. The molecule has 1 aliphatic rings. The number of hydrogen-bond acceptors (Lipinski definition) is 6. The summed E-state index contributed by atoms with van der Waals surface area (Å²) < 4.78 is 0. The van der Waals surface area contributed by atoms with E-state index in [1.807, 2.05) is 6.07 Å². The standard InChI is InChI=1S/C11H12N4O3/c1-6-2-7(4-12)14-11(13-6)15-5-8(16)3-9(15)10(17)18/h2,8-9,16H,3,5H2,1H3,(H,17,18). The number of nitriles is 1. The van der Waals surface area contributed by atoms with Gasteiger partial charge in [-0.3, -0.25) is 0 Å². The number of hydrogen-bond donors (Lipinski definition) is 2. The number of aromatic nitrogens is 2. The number of β-amino-alcohol motifs (C(OH)–C–C–N with tert-alkyl or cyclic N) is 1. The van der Waals surface area contributed by atoms with Gasteiger partial charge < -0.3 is 15.1 Å². The van der Waals surface area contributed by atoms with Crippen LogP contribution in [0.2, 0.25) is 0 Å². The lowest BCUT2D eigenvalue weighted by molar-refractivity contribution is -0.138. The van der Waals surface area contributed by atoms with E-state index in [0.29, 0.717) is 5.69 Å². The van der Waals surface area contributed by atoms with Crippen molar-refractivity contribution in [2.45, 2.75) is 25.5 Å². The number of carboxylic acids is 1. The number of aliphatic hydroxyl groups is 1. The Morgan fingerprint density at radius 2 is 2.33 bits per heavy atom. The maximum Gasteiger partial charge on any atom is 0.326 e. The van der Waals surface area contributed by atoms with Crippen molar-refractivity contribution in [2.24, 2.45) is 0 Å². The minimum absolute atomic E-state index is 0.133. The molecule has 2 heterocycles. The van der Waals surface area contributed by atoms with Crippen LogP contribution in [0.5, 0.6) is 0 Å². The molecule has 1 aliphatic heterocycles. The molecule has 0 amide bonds. The van der Waals surface area contributed by atoms with E-state index in [9.17, 15) is 9.90 Å². The van der Waals surface area contributed by atoms with Crippen molar-refractivity contribution < 1.29 is 15.0 Å².